The van der Waals surface area contributed by atoms with Gasteiger partial charge in [0.1, 0.15) is 12.2 Å². The Morgan fingerprint density at radius 2 is 1.67 bits per heavy atom. The van der Waals surface area contributed by atoms with Gasteiger partial charge in [0.25, 0.3) is 0 Å². The maximum Gasteiger partial charge on any atom is 0.223 e. The van der Waals surface area contributed by atoms with Gasteiger partial charge in [-0.15, -0.1) is 0 Å². The van der Waals surface area contributed by atoms with Crippen LogP contribution in [-0.4, -0.2) is 41.7 Å². The van der Waals surface area contributed by atoms with E-state index in [0.717, 1.165) is 17.5 Å². The van der Waals surface area contributed by atoms with Crippen LogP contribution in [0.2, 0.25) is 0 Å². The van der Waals surface area contributed by atoms with Gasteiger partial charge in [-0.05, 0) is 12.0 Å². The Kier molecular flexibility index (Phi) is 4.44. The van der Waals surface area contributed by atoms with Gasteiger partial charge < -0.3 is 19.1 Å². The number of ether oxygens (including phenoxy) is 3. The van der Waals surface area contributed by atoms with Crippen LogP contribution >= 0.6 is 0 Å². The smallest absolute Gasteiger partial charge is 0.223 e. The van der Waals surface area contributed by atoms with Gasteiger partial charge in [-0.3, -0.25) is 4.79 Å². The van der Waals surface area contributed by atoms with E-state index in [-0.39, 0.29) is 36.5 Å². The van der Waals surface area contributed by atoms with Crippen molar-refractivity contribution in [1.29, 1.82) is 0 Å². The first-order valence-electron chi connectivity index (χ1n) is 9.60. The van der Waals surface area contributed by atoms with Gasteiger partial charge in [-0.1, -0.05) is 60.7 Å². The lowest BCUT2D eigenvalue weighted by Crippen LogP contribution is -2.43. The molecule has 0 unspecified atom stereocenters. The standard InChI is InChI=1S/C22H23NO4/c24-19-12-11-17-20-21(27-22(26-20)16-9-5-2-6-10-16)18(23(17)19)14-25-13-15-7-3-1-4-8-15/h1-10,17-18,20-22H,11-14H2/t17-,18-,20+,21-,22+/m1/s1. The molecule has 3 heterocycles. The summed E-state index contributed by atoms with van der Waals surface area (Å²) in [4.78, 5) is 14.4. The molecule has 5 heteroatoms. The predicted molar refractivity (Wildman–Crippen MR) is 98.7 cm³/mol. The van der Waals surface area contributed by atoms with E-state index in [2.05, 4.69) is 0 Å². The molecule has 0 N–H and O–H groups in total. The van der Waals surface area contributed by atoms with Gasteiger partial charge in [0.15, 0.2) is 6.29 Å². The van der Waals surface area contributed by atoms with Crippen molar-refractivity contribution in [1.82, 2.24) is 4.90 Å². The molecule has 2 aromatic carbocycles. The van der Waals surface area contributed by atoms with E-state index in [1.165, 1.54) is 0 Å². The first-order chi connectivity index (χ1) is 13.3. The number of carbonyl (C=O) groups is 1. The summed E-state index contributed by atoms with van der Waals surface area (Å²) in [6.07, 6.45) is 0.838. The fourth-order valence-electron chi connectivity index (χ4n) is 4.54. The Hall–Kier alpha value is -2.21. The Labute approximate surface area is 158 Å². The number of amides is 1. The van der Waals surface area contributed by atoms with Crippen LogP contribution in [0.25, 0.3) is 0 Å². The molecule has 0 aliphatic carbocycles. The average Bonchev–Trinajstić information content (AvgIpc) is 3.37. The molecule has 5 rings (SSSR count). The van der Waals surface area contributed by atoms with Crippen molar-refractivity contribution in [2.75, 3.05) is 6.61 Å². The minimum absolute atomic E-state index is 0.0769. The van der Waals surface area contributed by atoms with Crippen LogP contribution in [-0.2, 0) is 25.6 Å². The summed E-state index contributed by atoms with van der Waals surface area (Å²) < 4.78 is 18.5. The minimum Gasteiger partial charge on any atom is -0.375 e. The molecule has 5 atom stereocenters. The van der Waals surface area contributed by atoms with Crippen LogP contribution in [0.5, 0.6) is 0 Å². The van der Waals surface area contributed by atoms with Gasteiger partial charge in [0.2, 0.25) is 5.91 Å². The van der Waals surface area contributed by atoms with Crippen molar-refractivity contribution < 1.29 is 19.0 Å². The molecule has 3 saturated heterocycles. The second-order valence-corrected chi connectivity index (χ2v) is 7.42. The molecule has 0 bridgehead atoms. The molecule has 0 radical (unpaired) electrons. The molecule has 0 saturated carbocycles. The first-order valence-corrected chi connectivity index (χ1v) is 9.60. The second-order valence-electron chi connectivity index (χ2n) is 7.42. The fourth-order valence-corrected chi connectivity index (χ4v) is 4.54. The van der Waals surface area contributed by atoms with Crippen LogP contribution in [0, 0.1) is 0 Å². The van der Waals surface area contributed by atoms with Crippen molar-refractivity contribution >= 4 is 5.91 Å². The number of carbonyl (C=O) groups excluding carboxylic acids is 1. The van der Waals surface area contributed by atoms with Gasteiger partial charge >= 0.3 is 0 Å². The normalized spacial score (nSPS) is 31.9. The van der Waals surface area contributed by atoms with Gasteiger partial charge in [-0.25, -0.2) is 0 Å². The quantitative estimate of drug-likeness (QED) is 0.817. The highest BCUT2D eigenvalue weighted by atomic mass is 16.7. The zero-order valence-electron chi connectivity index (χ0n) is 15.1. The maximum absolute atomic E-state index is 12.4. The Balaban J connectivity index is 1.31. The zero-order valence-corrected chi connectivity index (χ0v) is 15.1. The summed E-state index contributed by atoms with van der Waals surface area (Å²) >= 11 is 0. The first kappa shape index (κ1) is 16.9. The summed E-state index contributed by atoms with van der Waals surface area (Å²) in [7, 11) is 0. The number of benzene rings is 2. The van der Waals surface area contributed by atoms with Crippen LogP contribution in [0.1, 0.15) is 30.3 Å². The van der Waals surface area contributed by atoms with Crippen molar-refractivity contribution in [2.24, 2.45) is 0 Å². The van der Waals surface area contributed by atoms with Crippen LogP contribution in [0.4, 0.5) is 0 Å². The molecule has 5 nitrogen and oxygen atoms in total. The van der Waals surface area contributed by atoms with Crippen LogP contribution < -0.4 is 0 Å². The average molecular weight is 365 g/mol. The molecular formula is C22H23NO4. The third-order valence-electron chi connectivity index (χ3n) is 5.77. The molecule has 1 amide bonds. The maximum atomic E-state index is 12.4. The van der Waals surface area contributed by atoms with E-state index in [9.17, 15) is 4.79 Å². The largest absolute Gasteiger partial charge is 0.375 e. The van der Waals surface area contributed by atoms with Gasteiger partial charge in [0, 0.05) is 12.0 Å². The van der Waals surface area contributed by atoms with Crippen molar-refractivity contribution in [3.63, 3.8) is 0 Å². The lowest BCUT2D eigenvalue weighted by atomic mass is 10.1. The summed E-state index contributed by atoms with van der Waals surface area (Å²) in [5.74, 6) is 0.186. The molecule has 3 aliphatic heterocycles. The molecule has 27 heavy (non-hydrogen) atoms. The van der Waals surface area contributed by atoms with E-state index >= 15 is 0 Å². The third kappa shape index (κ3) is 3.06. The number of nitrogens with zero attached hydrogens (tertiary/aromatic N) is 1. The van der Waals surface area contributed by atoms with Gasteiger partial charge in [-0.2, -0.15) is 0 Å². The highest BCUT2D eigenvalue weighted by molar-refractivity contribution is 5.80. The van der Waals surface area contributed by atoms with E-state index in [1.807, 2.05) is 65.6 Å². The highest BCUT2D eigenvalue weighted by Gasteiger charge is 2.59. The number of rotatable bonds is 5. The fraction of sp³-hybridized carbons (Fsp3) is 0.409. The Morgan fingerprint density at radius 1 is 0.963 bits per heavy atom. The third-order valence-corrected chi connectivity index (χ3v) is 5.77. The molecule has 0 spiro atoms. The van der Waals surface area contributed by atoms with E-state index in [0.29, 0.717) is 19.6 Å². The van der Waals surface area contributed by atoms with E-state index in [1.54, 1.807) is 0 Å². The zero-order chi connectivity index (χ0) is 18.2. The summed E-state index contributed by atoms with van der Waals surface area (Å²) in [5, 5.41) is 0. The van der Waals surface area contributed by atoms with Gasteiger partial charge in [0.05, 0.1) is 25.3 Å². The van der Waals surface area contributed by atoms with Crippen LogP contribution in [0.3, 0.4) is 0 Å². The monoisotopic (exact) mass is 365 g/mol. The lowest BCUT2D eigenvalue weighted by molar-refractivity contribution is -0.140. The molecule has 3 aliphatic rings. The van der Waals surface area contributed by atoms with Crippen molar-refractivity contribution in [3.8, 4) is 0 Å². The SMILES string of the molecule is O=C1CC[C@@H]2[C@@H]3O[C@H](c4ccccc4)O[C@@H]3[C@@H](COCc3ccccc3)N12. The summed E-state index contributed by atoms with van der Waals surface area (Å²) in [5.41, 5.74) is 2.15. The second kappa shape index (κ2) is 7.08. The molecule has 0 aromatic heterocycles. The highest BCUT2D eigenvalue weighted by Crippen LogP contribution is 2.45. The van der Waals surface area contributed by atoms with E-state index in [4.69, 9.17) is 14.2 Å². The number of fused-ring (bicyclic) bond motifs is 3. The molecule has 2 aromatic rings. The Bertz CT molecular complexity index is 796. The molecular weight excluding hydrogens is 342 g/mol. The van der Waals surface area contributed by atoms with Crippen molar-refractivity contribution in [2.45, 2.75) is 50.0 Å². The minimum atomic E-state index is -0.365. The predicted octanol–water partition coefficient (Wildman–Crippen LogP) is 3.06. The summed E-state index contributed by atoms with van der Waals surface area (Å²) in [6.45, 7) is 0.994. The molecule has 140 valence electrons. The van der Waals surface area contributed by atoms with E-state index < -0.39 is 0 Å². The molecule has 3 fully saturated rings. The number of hydrogen-bond acceptors (Lipinski definition) is 4. The summed E-state index contributed by atoms with van der Waals surface area (Å²) in [6, 6.07) is 20.1. The Morgan fingerprint density at radius 3 is 2.44 bits per heavy atom. The topological polar surface area (TPSA) is 48.0 Å². The number of hydrogen-bond donors (Lipinski definition) is 0. The lowest BCUT2D eigenvalue weighted by Gasteiger charge is -2.28. The van der Waals surface area contributed by atoms with Crippen LogP contribution in [0.15, 0.2) is 60.7 Å². The van der Waals surface area contributed by atoms with Crippen molar-refractivity contribution in [3.05, 3.63) is 71.8 Å².